The maximum atomic E-state index is 9.32. The Morgan fingerprint density at radius 2 is 2.00 bits per heavy atom. The summed E-state index contributed by atoms with van der Waals surface area (Å²) in [6.07, 6.45) is 2.28. The molecule has 1 saturated heterocycles. The summed E-state index contributed by atoms with van der Waals surface area (Å²) in [5.74, 6) is 1.46. The first-order chi connectivity index (χ1) is 10.2. The normalized spacial score (nSPS) is 16.0. The van der Waals surface area contributed by atoms with Gasteiger partial charge in [-0.25, -0.2) is 0 Å². The van der Waals surface area contributed by atoms with Crippen molar-refractivity contribution in [3.8, 4) is 11.8 Å². The Hall–Kier alpha value is -2.35. The van der Waals surface area contributed by atoms with Crippen LogP contribution in [0.5, 0.6) is 0 Å². The molecule has 1 fully saturated rings. The average Bonchev–Trinajstić information content (AvgIpc) is 2.92. The zero-order valence-corrected chi connectivity index (χ0v) is 12.5. The first kappa shape index (κ1) is 13.6. The predicted molar refractivity (Wildman–Crippen MR) is 81.4 cm³/mol. The zero-order valence-electron chi connectivity index (χ0n) is 12.5. The molecule has 0 aliphatic carbocycles. The number of hydrogen-bond donors (Lipinski definition) is 0. The average molecular weight is 281 g/mol. The van der Waals surface area contributed by atoms with Crippen LogP contribution in [0, 0.1) is 24.2 Å². The molecular weight excluding hydrogens is 262 g/mol. The topological polar surface area (TPSA) is 57.7 Å². The van der Waals surface area contributed by atoms with Gasteiger partial charge in [-0.1, -0.05) is 19.1 Å². The highest BCUT2D eigenvalue weighted by Crippen LogP contribution is 2.24. The van der Waals surface area contributed by atoms with Crippen LogP contribution in [0.15, 0.2) is 24.3 Å². The summed E-state index contributed by atoms with van der Waals surface area (Å²) < 4.78 is 0. The van der Waals surface area contributed by atoms with Crippen LogP contribution in [-0.4, -0.2) is 28.1 Å². The number of benzene rings is 1. The minimum atomic E-state index is 0.408. The molecule has 0 radical (unpaired) electrons. The van der Waals surface area contributed by atoms with Crippen LogP contribution >= 0.6 is 0 Å². The monoisotopic (exact) mass is 281 g/mol. The lowest BCUT2D eigenvalue weighted by Gasteiger charge is -2.30. The third-order valence-corrected chi connectivity index (χ3v) is 4.02. The van der Waals surface area contributed by atoms with Crippen LogP contribution in [0.4, 0.5) is 5.82 Å². The van der Waals surface area contributed by atoms with Crippen molar-refractivity contribution in [2.75, 3.05) is 18.0 Å². The third kappa shape index (κ3) is 2.75. The molecule has 0 atom stereocenters. The lowest BCUT2D eigenvalue weighted by molar-refractivity contribution is 0.436. The minimum Gasteiger partial charge on any atom is -0.353 e. The second kappa shape index (κ2) is 5.57. The quantitative estimate of drug-likeness (QED) is 0.849. The highest BCUT2D eigenvalue weighted by molar-refractivity contribution is 5.50. The Bertz CT molecular complexity index is 674. The molecule has 0 N–H and O–H groups in total. The van der Waals surface area contributed by atoms with Gasteiger partial charge in [0.05, 0.1) is 5.69 Å². The molecule has 0 bridgehead atoms. The molecule has 0 spiro atoms. The van der Waals surface area contributed by atoms with Gasteiger partial charge in [-0.15, -0.1) is 15.0 Å². The van der Waals surface area contributed by atoms with Crippen molar-refractivity contribution in [2.45, 2.75) is 26.7 Å². The standard InChI is InChI=1S/C16H19N5/c1-12-6-8-20(9-7-12)16-15(11-17)18-21(19-16)14-5-3-4-13(2)10-14/h3-5,10,12H,6-9H2,1-2H3. The Labute approximate surface area is 124 Å². The lowest BCUT2D eigenvalue weighted by atomic mass is 9.99. The van der Waals surface area contributed by atoms with E-state index >= 15 is 0 Å². The van der Waals surface area contributed by atoms with Crippen LogP contribution in [0.2, 0.25) is 0 Å². The molecule has 1 aromatic heterocycles. The molecule has 0 unspecified atom stereocenters. The summed E-state index contributed by atoms with van der Waals surface area (Å²) in [6.45, 7) is 6.20. The van der Waals surface area contributed by atoms with Crippen LogP contribution in [0.25, 0.3) is 5.69 Å². The molecule has 21 heavy (non-hydrogen) atoms. The number of piperidine rings is 1. The second-order valence-corrected chi connectivity index (χ2v) is 5.78. The van der Waals surface area contributed by atoms with Gasteiger partial charge in [0.15, 0.2) is 5.82 Å². The largest absolute Gasteiger partial charge is 0.353 e. The van der Waals surface area contributed by atoms with Crippen molar-refractivity contribution in [1.82, 2.24) is 15.0 Å². The van der Waals surface area contributed by atoms with E-state index in [9.17, 15) is 5.26 Å². The van der Waals surface area contributed by atoms with Gasteiger partial charge in [-0.3, -0.25) is 0 Å². The second-order valence-electron chi connectivity index (χ2n) is 5.78. The molecule has 0 amide bonds. The predicted octanol–water partition coefficient (Wildman–Crippen LogP) is 2.68. The summed E-state index contributed by atoms with van der Waals surface area (Å²) in [6, 6.07) is 10.2. The van der Waals surface area contributed by atoms with E-state index in [-0.39, 0.29) is 0 Å². The number of nitriles is 1. The first-order valence-electron chi connectivity index (χ1n) is 7.37. The Kier molecular flexibility index (Phi) is 3.61. The Morgan fingerprint density at radius 1 is 1.24 bits per heavy atom. The van der Waals surface area contributed by atoms with E-state index in [1.54, 1.807) is 4.80 Å². The van der Waals surface area contributed by atoms with E-state index < -0.39 is 0 Å². The van der Waals surface area contributed by atoms with Crippen molar-refractivity contribution in [1.29, 1.82) is 5.26 Å². The summed E-state index contributed by atoms with van der Waals surface area (Å²) in [4.78, 5) is 3.75. The number of aromatic nitrogens is 3. The highest BCUT2D eigenvalue weighted by atomic mass is 15.5. The molecule has 3 rings (SSSR count). The lowest BCUT2D eigenvalue weighted by Crippen LogP contribution is -2.33. The van der Waals surface area contributed by atoms with E-state index in [2.05, 4.69) is 28.1 Å². The van der Waals surface area contributed by atoms with Crippen LogP contribution in [-0.2, 0) is 0 Å². The van der Waals surface area contributed by atoms with E-state index in [4.69, 9.17) is 0 Å². The number of hydrogen-bond acceptors (Lipinski definition) is 4. The van der Waals surface area contributed by atoms with Crippen molar-refractivity contribution < 1.29 is 0 Å². The fraction of sp³-hybridized carbons (Fsp3) is 0.438. The molecule has 1 aliphatic rings. The maximum Gasteiger partial charge on any atom is 0.207 e. The molecule has 5 nitrogen and oxygen atoms in total. The molecule has 2 aromatic rings. The Balaban J connectivity index is 1.94. The molecule has 1 aromatic carbocycles. The van der Waals surface area contributed by atoms with E-state index in [0.717, 1.165) is 43.1 Å². The maximum absolute atomic E-state index is 9.32. The summed E-state index contributed by atoms with van der Waals surface area (Å²) in [7, 11) is 0. The molecular formula is C16H19N5. The molecule has 1 aliphatic heterocycles. The molecule has 0 saturated carbocycles. The summed E-state index contributed by atoms with van der Waals surface area (Å²) >= 11 is 0. The molecule has 108 valence electrons. The third-order valence-electron chi connectivity index (χ3n) is 4.02. The highest BCUT2D eigenvalue weighted by Gasteiger charge is 2.22. The first-order valence-corrected chi connectivity index (χ1v) is 7.37. The van der Waals surface area contributed by atoms with Gasteiger partial charge in [-0.2, -0.15) is 5.26 Å². The number of rotatable bonds is 2. The van der Waals surface area contributed by atoms with Gasteiger partial charge in [0.2, 0.25) is 5.69 Å². The minimum absolute atomic E-state index is 0.408. The number of aryl methyl sites for hydroxylation is 1. The van der Waals surface area contributed by atoms with Gasteiger partial charge < -0.3 is 4.90 Å². The van der Waals surface area contributed by atoms with Crippen LogP contribution in [0.3, 0.4) is 0 Å². The fourth-order valence-corrected chi connectivity index (χ4v) is 2.67. The van der Waals surface area contributed by atoms with Crippen LogP contribution in [0.1, 0.15) is 31.0 Å². The van der Waals surface area contributed by atoms with Gasteiger partial charge in [0, 0.05) is 13.1 Å². The van der Waals surface area contributed by atoms with Crippen molar-refractivity contribution in [3.05, 3.63) is 35.5 Å². The molecule has 5 heteroatoms. The van der Waals surface area contributed by atoms with Crippen LogP contribution < -0.4 is 4.90 Å². The van der Waals surface area contributed by atoms with E-state index in [1.807, 2.05) is 31.2 Å². The van der Waals surface area contributed by atoms with E-state index in [0.29, 0.717) is 11.5 Å². The number of anilines is 1. The SMILES string of the molecule is Cc1cccc(-n2nc(C#N)c(N3CCC(C)CC3)n2)c1. The van der Waals surface area contributed by atoms with Gasteiger partial charge >= 0.3 is 0 Å². The number of nitrogens with zero attached hydrogens (tertiary/aromatic N) is 5. The Morgan fingerprint density at radius 3 is 2.67 bits per heavy atom. The van der Waals surface area contributed by atoms with E-state index in [1.165, 1.54) is 0 Å². The zero-order chi connectivity index (χ0) is 14.8. The smallest absolute Gasteiger partial charge is 0.207 e. The van der Waals surface area contributed by atoms with Gasteiger partial charge in [-0.05, 0) is 43.4 Å². The molecule has 2 heterocycles. The van der Waals surface area contributed by atoms with Crippen molar-refractivity contribution >= 4 is 5.82 Å². The summed E-state index contributed by atoms with van der Waals surface area (Å²) in [5, 5.41) is 18.2. The van der Waals surface area contributed by atoms with Gasteiger partial charge in [0.25, 0.3) is 0 Å². The van der Waals surface area contributed by atoms with Gasteiger partial charge in [0.1, 0.15) is 6.07 Å². The van der Waals surface area contributed by atoms with Crippen molar-refractivity contribution in [2.24, 2.45) is 5.92 Å². The van der Waals surface area contributed by atoms with Crippen molar-refractivity contribution in [3.63, 3.8) is 0 Å². The summed E-state index contributed by atoms with van der Waals surface area (Å²) in [5.41, 5.74) is 2.45. The fourth-order valence-electron chi connectivity index (χ4n) is 2.67.